The molecule has 0 atom stereocenters. The minimum atomic E-state index is 0.740. The molecule has 0 saturated heterocycles. The molecule has 102 valence electrons. The van der Waals surface area contributed by atoms with E-state index < -0.39 is 0 Å². The number of nitrogens with one attached hydrogen (secondary N) is 1. The van der Waals surface area contributed by atoms with Crippen molar-refractivity contribution in [3.8, 4) is 11.4 Å². The third-order valence-electron chi connectivity index (χ3n) is 3.52. The van der Waals surface area contributed by atoms with Crippen molar-refractivity contribution in [2.75, 3.05) is 12.4 Å². The van der Waals surface area contributed by atoms with Crippen molar-refractivity contribution < 1.29 is 0 Å². The maximum atomic E-state index is 4.64. The van der Waals surface area contributed by atoms with Crippen molar-refractivity contribution in [2.45, 2.75) is 0 Å². The largest absolute Gasteiger partial charge is 0.371 e. The molecule has 5 heteroatoms. The van der Waals surface area contributed by atoms with Gasteiger partial charge in [0.1, 0.15) is 0 Å². The van der Waals surface area contributed by atoms with E-state index in [-0.39, 0.29) is 0 Å². The third kappa shape index (κ3) is 1.82. The minimum Gasteiger partial charge on any atom is -0.371 e. The van der Waals surface area contributed by atoms with Crippen molar-refractivity contribution in [3.63, 3.8) is 0 Å². The van der Waals surface area contributed by atoms with Gasteiger partial charge in [-0.2, -0.15) is 4.52 Å². The summed E-state index contributed by atoms with van der Waals surface area (Å²) in [6.45, 7) is 0. The summed E-state index contributed by atoms with van der Waals surface area (Å²) >= 11 is 0. The molecular formula is C16H13N5. The Bertz CT molecular complexity index is 874. The molecule has 5 nitrogen and oxygen atoms in total. The summed E-state index contributed by atoms with van der Waals surface area (Å²) in [6, 6.07) is 12.0. The molecule has 21 heavy (non-hydrogen) atoms. The molecule has 0 fully saturated rings. The lowest BCUT2D eigenvalue weighted by Crippen LogP contribution is -2.05. The molecule has 2 aromatic heterocycles. The molecule has 0 unspecified atom stereocenters. The van der Waals surface area contributed by atoms with E-state index in [2.05, 4.69) is 32.8 Å². The molecular weight excluding hydrogens is 262 g/mol. The zero-order valence-electron chi connectivity index (χ0n) is 11.5. The van der Waals surface area contributed by atoms with Crippen LogP contribution >= 0.6 is 0 Å². The molecule has 0 bridgehead atoms. The second kappa shape index (κ2) is 4.56. The molecule has 0 radical (unpaired) electrons. The van der Waals surface area contributed by atoms with E-state index in [9.17, 15) is 0 Å². The van der Waals surface area contributed by atoms with Crippen LogP contribution in [0.1, 0.15) is 5.56 Å². The van der Waals surface area contributed by atoms with Crippen molar-refractivity contribution in [3.05, 3.63) is 60.2 Å². The molecule has 0 saturated carbocycles. The van der Waals surface area contributed by atoms with Crippen LogP contribution in [-0.2, 0) is 0 Å². The van der Waals surface area contributed by atoms with E-state index in [0.717, 1.165) is 34.0 Å². The van der Waals surface area contributed by atoms with E-state index in [1.54, 1.807) is 4.52 Å². The van der Waals surface area contributed by atoms with Crippen molar-refractivity contribution in [1.29, 1.82) is 0 Å². The Labute approximate surface area is 121 Å². The van der Waals surface area contributed by atoms with Gasteiger partial charge in [-0.1, -0.05) is 48.6 Å². The summed E-state index contributed by atoms with van der Waals surface area (Å²) in [5.41, 5.74) is 3.93. The highest BCUT2D eigenvalue weighted by atomic mass is 15.4. The predicted octanol–water partition coefficient (Wildman–Crippen LogP) is 2.79. The first-order chi connectivity index (χ1) is 10.4. The summed E-state index contributed by atoms with van der Waals surface area (Å²) in [4.78, 5) is 0. The van der Waals surface area contributed by atoms with Gasteiger partial charge >= 0.3 is 0 Å². The maximum Gasteiger partial charge on any atom is 0.185 e. The number of fused-ring (bicyclic) bond motifs is 1. The van der Waals surface area contributed by atoms with Gasteiger partial charge in [0.25, 0.3) is 0 Å². The van der Waals surface area contributed by atoms with E-state index in [4.69, 9.17) is 0 Å². The Morgan fingerprint density at radius 1 is 1.10 bits per heavy atom. The summed E-state index contributed by atoms with van der Waals surface area (Å²) in [5.74, 6) is 1.56. The quantitative estimate of drug-likeness (QED) is 0.798. The lowest BCUT2D eigenvalue weighted by molar-refractivity contribution is 0.936. The smallest absolute Gasteiger partial charge is 0.185 e. The van der Waals surface area contributed by atoms with Gasteiger partial charge in [0.15, 0.2) is 17.3 Å². The highest BCUT2D eigenvalue weighted by Crippen LogP contribution is 2.29. The van der Waals surface area contributed by atoms with Crippen LogP contribution in [-0.4, -0.2) is 26.9 Å². The average molecular weight is 275 g/mol. The molecule has 0 spiro atoms. The first kappa shape index (κ1) is 11.8. The third-order valence-corrected chi connectivity index (χ3v) is 3.52. The second-order valence-corrected chi connectivity index (χ2v) is 4.80. The second-order valence-electron chi connectivity index (χ2n) is 4.80. The fraction of sp³-hybridized carbons (Fsp3) is 0.0625. The standard InChI is InChI=1S/C16H13N5/c1-17-15-13(11-8-5-9-11)10-14-18-19-16(21(14)20-15)12-6-3-2-4-7-12/h2-10H,1H3,(H,17,20). The molecule has 0 aliphatic heterocycles. The number of hydrogen-bond acceptors (Lipinski definition) is 4. The Morgan fingerprint density at radius 2 is 1.90 bits per heavy atom. The molecule has 1 aliphatic carbocycles. The van der Waals surface area contributed by atoms with Crippen LogP contribution in [0.25, 0.3) is 22.6 Å². The normalized spacial score (nSPS) is 13.1. The number of benzene rings is 1. The minimum absolute atomic E-state index is 0.740. The van der Waals surface area contributed by atoms with E-state index >= 15 is 0 Å². The summed E-state index contributed by atoms with van der Waals surface area (Å²) < 4.78 is 1.77. The number of rotatable bonds is 3. The summed E-state index contributed by atoms with van der Waals surface area (Å²) in [5, 5.41) is 16.3. The van der Waals surface area contributed by atoms with Gasteiger partial charge in [0.2, 0.25) is 0 Å². The van der Waals surface area contributed by atoms with Crippen LogP contribution in [0.3, 0.4) is 0 Å². The van der Waals surface area contributed by atoms with Crippen LogP contribution in [0.5, 0.6) is 0 Å². The molecule has 1 aromatic carbocycles. The van der Waals surface area contributed by atoms with Crippen molar-refractivity contribution in [2.24, 2.45) is 0 Å². The molecule has 1 N–H and O–H groups in total. The number of aromatic nitrogens is 4. The number of hydrogen-bond donors (Lipinski definition) is 1. The fourth-order valence-electron chi connectivity index (χ4n) is 2.38. The molecule has 4 rings (SSSR count). The van der Waals surface area contributed by atoms with E-state index in [1.165, 1.54) is 0 Å². The summed E-state index contributed by atoms with van der Waals surface area (Å²) in [7, 11) is 1.87. The Morgan fingerprint density at radius 3 is 2.57 bits per heavy atom. The van der Waals surface area contributed by atoms with Gasteiger partial charge in [0, 0.05) is 18.2 Å². The SMILES string of the molecule is CNc1nn2c(-c3ccccc3)nnc2cc1C1=CC=C1. The van der Waals surface area contributed by atoms with E-state index in [0.29, 0.717) is 0 Å². The van der Waals surface area contributed by atoms with Gasteiger partial charge < -0.3 is 5.32 Å². The van der Waals surface area contributed by atoms with Crippen LogP contribution in [0.4, 0.5) is 5.82 Å². The maximum absolute atomic E-state index is 4.64. The van der Waals surface area contributed by atoms with Crippen molar-refractivity contribution in [1.82, 2.24) is 19.8 Å². The Kier molecular flexibility index (Phi) is 2.57. The van der Waals surface area contributed by atoms with Gasteiger partial charge in [-0.3, -0.25) is 0 Å². The summed E-state index contributed by atoms with van der Waals surface area (Å²) in [6.07, 6.45) is 6.13. The first-order valence-electron chi connectivity index (χ1n) is 6.75. The monoisotopic (exact) mass is 275 g/mol. The van der Waals surface area contributed by atoms with Gasteiger partial charge in [-0.15, -0.1) is 15.3 Å². The van der Waals surface area contributed by atoms with Crippen LogP contribution in [0, 0.1) is 0 Å². The zero-order valence-corrected chi connectivity index (χ0v) is 11.5. The zero-order chi connectivity index (χ0) is 14.2. The van der Waals surface area contributed by atoms with Gasteiger partial charge in [-0.25, -0.2) is 0 Å². The molecule has 2 heterocycles. The highest BCUT2D eigenvalue weighted by molar-refractivity contribution is 5.87. The van der Waals surface area contributed by atoms with Crippen LogP contribution in [0.15, 0.2) is 54.6 Å². The molecule has 1 aliphatic rings. The number of anilines is 1. The lowest BCUT2D eigenvalue weighted by Gasteiger charge is -2.12. The molecule has 0 amide bonds. The Balaban J connectivity index is 1.93. The highest BCUT2D eigenvalue weighted by Gasteiger charge is 2.15. The Hall–Kier alpha value is -2.95. The predicted molar refractivity (Wildman–Crippen MR) is 82.9 cm³/mol. The fourth-order valence-corrected chi connectivity index (χ4v) is 2.38. The number of nitrogens with zero attached hydrogens (tertiary/aromatic N) is 4. The number of allylic oxidation sites excluding steroid dienone is 4. The molecule has 3 aromatic rings. The average Bonchev–Trinajstić information content (AvgIpc) is 2.88. The van der Waals surface area contributed by atoms with Gasteiger partial charge in [0.05, 0.1) is 0 Å². The van der Waals surface area contributed by atoms with Crippen LogP contribution in [0.2, 0.25) is 0 Å². The first-order valence-corrected chi connectivity index (χ1v) is 6.75. The van der Waals surface area contributed by atoms with E-state index in [1.807, 2.05) is 49.5 Å². The van der Waals surface area contributed by atoms with Crippen LogP contribution < -0.4 is 5.32 Å². The van der Waals surface area contributed by atoms with Gasteiger partial charge in [-0.05, 0) is 11.6 Å². The van der Waals surface area contributed by atoms with Crippen molar-refractivity contribution >= 4 is 17.0 Å². The lowest BCUT2D eigenvalue weighted by atomic mass is 10.0. The topological polar surface area (TPSA) is 55.1 Å².